The first-order valence-corrected chi connectivity index (χ1v) is 11.3. The van der Waals surface area contributed by atoms with E-state index in [4.69, 9.17) is 9.47 Å². The molecular weight excluding hydrogens is 424 g/mol. The van der Waals surface area contributed by atoms with E-state index >= 15 is 0 Å². The largest absolute Gasteiger partial charge is 0.433 e. The van der Waals surface area contributed by atoms with Gasteiger partial charge in [-0.3, -0.25) is 9.80 Å². The van der Waals surface area contributed by atoms with Gasteiger partial charge >= 0.3 is 0 Å². The Kier molecular flexibility index (Phi) is 4.55. The highest BCUT2D eigenvalue weighted by Crippen LogP contribution is 2.50. The van der Waals surface area contributed by atoms with E-state index in [1.54, 1.807) is 12.4 Å². The molecule has 0 N–H and O–H groups in total. The number of ether oxygens (including phenoxy) is 2. The van der Waals surface area contributed by atoms with Gasteiger partial charge in [0.15, 0.2) is 11.5 Å². The first-order valence-electron chi connectivity index (χ1n) is 11.3. The average molecular weight is 449 g/mol. The number of anilines is 4. The third kappa shape index (κ3) is 3.10. The van der Waals surface area contributed by atoms with Gasteiger partial charge in [-0.25, -0.2) is 9.97 Å². The SMILES string of the molecule is Cc1cc2c(cc1C)N(c1ccccn1)/C(=C1\Oc3cc(C)c(C)cc3N1c1ccccn1)O2. The van der Waals surface area contributed by atoms with Crippen molar-refractivity contribution in [2.75, 3.05) is 9.80 Å². The monoisotopic (exact) mass is 448 g/mol. The van der Waals surface area contributed by atoms with Crippen LogP contribution in [0.1, 0.15) is 22.3 Å². The fourth-order valence-electron chi connectivity index (χ4n) is 4.29. The number of hydrogen-bond donors (Lipinski definition) is 0. The lowest BCUT2D eigenvalue weighted by molar-refractivity contribution is 0.366. The standard InChI is InChI=1S/C28H24N4O2/c1-17-13-21-23(15-19(17)3)33-27(31(21)25-9-5-7-11-29-25)28-32(26-10-6-8-12-30-26)22-14-18(2)20(4)16-24(22)34-28/h5-16H,1-4H3/b28-27+. The highest BCUT2D eigenvalue weighted by atomic mass is 16.6. The fraction of sp³-hybridized carbons (Fsp3) is 0.143. The van der Waals surface area contributed by atoms with Crippen molar-refractivity contribution in [3.05, 3.63) is 107 Å². The Hall–Kier alpha value is -4.32. The number of fused-ring (bicyclic) bond motifs is 2. The van der Waals surface area contributed by atoms with E-state index in [0.717, 1.165) is 45.6 Å². The van der Waals surface area contributed by atoms with Crippen LogP contribution in [0.15, 0.2) is 84.8 Å². The molecule has 0 fully saturated rings. The summed E-state index contributed by atoms with van der Waals surface area (Å²) in [6, 6.07) is 20.1. The highest BCUT2D eigenvalue weighted by molar-refractivity contribution is 5.81. The van der Waals surface area contributed by atoms with E-state index in [9.17, 15) is 0 Å². The van der Waals surface area contributed by atoms with Crippen LogP contribution in [0.2, 0.25) is 0 Å². The molecule has 2 aromatic heterocycles. The summed E-state index contributed by atoms with van der Waals surface area (Å²) in [6.07, 6.45) is 3.56. The van der Waals surface area contributed by atoms with Gasteiger partial charge in [0.25, 0.3) is 11.8 Å². The van der Waals surface area contributed by atoms with Crippen molar-refractivity contribution in [2.45, 2.75) is 27.7 Å². The molecule has 6 heteroatoms. The fourth-order valence-corrected chi connectivity index (χ4v) is 4.29. The van der Waals surface area contributed by atoms with E-state index in [-0.39, 0.29) is 0 Å². The summed E-state index contributed by atoms with van der Waals surface area (Å²) in [4.78, 5) is 13.3. The summed E-state index contributed by atoms with van der Waals surface area (Å²) >= 11 is 0. The summed E-state index contributed by atoms with van der Waals surface area (Å²) in [6.45, 7) is 8.38. The van der Waals surface area contributed by atoms with Crippen molar-refractivity contribution < 1.29 is 9.47 Å². The van der Waals surface area contributed by atoms with Crippen molar-refractivity contribution in [3.63, 3.8) is 0 Å². The maximum absolute atomic E-state index is 6.51. The molecule has 0 atom stereocenters. The van der Waals surface area contributed by atoms with Gasteiger partial charge in [0.2, 0.25) is 0 Å². The topological polar surface area (TPSA) is 50.7 Å². The van der Waals surface area contributed by atoms with Gasteiger partial charge in [0.1, 0.15) is 11.6 Å². The number of nitrogens with zero attached hydrogens (tertiary/aromatic N) is 4. The van der Waals surface area contributed by atoms with Crippen molar-refractivity contribution in [1.82, 2.24) is 9.97 Å². The number of rotatable bonds is 2. The zero-order chi connectivity index (χ0) is 23.4. The van der Waals surface area contributed by atoms with Crippen LogP contribution >= 0.6 is 0 Å². The van der Waals surface area contributed by atoms with Crippen molar-refractivity contribution in [1.29, 1.82) is 0 Å². The maximum atomic E-state index is 6.51. The van der Waals surface area contributed by atoms with Crippen LogP contribution in [0.3, 0.4) is 0 Å². The highest BCUT2D eigenvalue weighted by Gasteiger charge is 2.40. The summed E-state index contributed by atoms with van der Waals surface area (Å²) in [5, 5.41) is 0. The molecule has 2 aromatic carbocycles. The number of pyridine rings is 2. The van der Waals surface area contributed by atoms with E-state index in [1.807, 2.05) is 46.2 Å². The summed E-state index contributed by atoms with van der Waals surface area (Å²) in [5.41, 5.74) is 6.54. The molecule has 6 nitrogen and oxygen atoms in total. The van der Waals surface area contributed by atoms with Crippen LogP contribution in [0.4, 0.5) is 23.0 Å². The molecule has 0 saturated carbocycles. The third-order valence-electron chi connectivity index (χ3n) is 6.39. The molecule has 6 rings (SSSR count). The first-order chi connectivity index (χ1) is 16.5. The summed E-state index contributed by atoms with van der Waals surface area (Å²) < 4.78 is 13.0. The third-order valence-corrected chi connectivity index (χ3v) is 6.39. The van der Waals surface area contributed by atoms with Crippen LogP contribution in [0.5, 0.6) is 11.5 Å². The van der Waals surface area contributed by atoms with E-state index < -0.39 is 0 Å². The minimum absolute atomic E-state index is 0.552. The molecule has 2 aliphatic rings. The lowest BCUT2D eigenvalue weighted by atomic mass is 10.1. The zero-order valence-corrected chi connectivity index (χ0v) is 19.5. The molecule has 2 aliphatic heterocycles. The molecule has 4 heterocycles. The number of aromatic nitrogens is 2. The van der Waals surface area contributed by atoms with Gasteiger partial charge < -0.3 is 9.47 Å². The van der Waals surface area contributed by atoms with Gasteiger partial charge in [-0.2, -0.15) is 0 Å². The Morgan fingerprint density at radius 2 is 0.971 bits per heavy atom. The molecule has 0 bridgehead atoms. The zero-order valence-electron chi connectivity index (χ0n) is 19.5. The molecule has 168 valence electrons. The molecule has 4 aromatic rings. The minimum atomic E-state index is 0.552. The van der Waals surface area contributed by atoms with Crippen LogP contribution in [0.25, 0.3) is 0 Å². The Bertz CT molecular complexity index is 1340. The van der Waals surface area contributed by atoms with Crippen molar-refractivity contribution in [3.8, 4) is 11.5 Å². The predicted octanol–water partition coefficient (Wildman–Crippen LogP) is 6.60. The molecule has 0 amide bonds. The van der Waals surface area contributed by atoms with E-state index in [2.05, 4.69) is 61.9 Å². The Morgan fingerprint density at radius 1 is 0.559 bits per heavy atom. The summed E-state index contributed by atoms with van der Waals surface area (Å²) in [7, 11) is 0. The predicted molar refractivity (Wildman–Crippen MR) is 133 cm³/mol. The van der Waals surface area contributed by atoms with Crippen LogP contribution in [0, 0.1) is 27.7 Å². The summed E-state index contributed by atoms with van der Waals surface area (Å²) in [5.74, 6) is 4.14. The quantitative estimate of drug-likeness (QED) is 0.344. The van der Waals surface area contributed by atoms with Gasteiger partial charge in [-0.1, -0.05) is 12.1 Å². The van der Waals surface area contributed by atoms with Gasteiger partial charge in [-0.15, -0.1) is 0 Å². The smallest absolute Gasteiger partial charge is 0.269 e. The second kappa shape index (κ2) is 7.63. The van der Waals surface area contributed by atoms with Crippen LogP contribution in [-0.4, -0.2) is 9.97 Å². The normalized spacial score (nSPS) is 16.2. The van der Waals surface area contributed by atoms with Crippen molar-refractivity contribution >= 4 is 23.0 Å². The Labute approximate surface area is 198 Å². The minimum Gasteiger partial charge on any atom is -0.433 e. The molecular formula is C28H24N4O2. The second-order valence-corrected chi connectivity index (χ2v) is 8.67. The number of aryl methyl sites for hydroxylation is 4. The van der Waals surface area contributed by atoms with Crippen LogP contribution < -0.4 is 19.3 Å². The lowest BCUT2D eigenvalue weighted by Gasteiger charge is -2.23. The van der Waals surface area contributed by atoms with Gasteiger partial charge in [-0.05, 0) is 98.5 Å². The second-order valence-electron chi connectivity index (χ2n) is 8.67. The molecule has 34 heavy (non-hydrogen) atoms. The Morgan fingerprint density at radius 3 is 1.35 bits per heavy atom. The number of benzene rings is 2. The maximum Gasteiger partial charge on any atom is 0.269 e. The molecule has 0 saturated heterocycles. The number of hydrogen-bond acceptors (Lipinski definition) is 6. The first kappa shape index (κ1) is 20.3. The lowest BCUT2D eigenvalue weighted by Crippen LogP contribution is -2.25. The van der Waals surface area contributed by atoms with Crippen molar-refractivity contribution in [2.24, 2.45) is 0 Å². The molecule has 0 spiro atoms. The van der Waals surface area contributed by atoms with E-state index in [1.165, 1.54) is 11.1 Å². The Balaban J connectivity index is 1.61. The molecule has 0 aliphatic carbocycles. The average Bonchev–Trinajstić information content (AvgIpc) is 3.38. The molecule has 0 radical (unpaired) electrons. The molecule has 0 unspecified atom stereocenters. The van der Waals surface area contributed by atoms with Crippen LogP contribution in [-0.2, 0) is 0 Å². The van der Waals surface area contributed by atoms with E-state index in [0.29, 0.717) is 11.8 Å². The van der Waals surface area contributed by atoms with Gasteiger partial charge in [0, 0.05) is 12.4 Å². The van der Waals surface area contributed by atoms with Gasteiger partial charge in [0.05, 0.1) is 11.4 Å².